The molecule has 20 heavy (non-hydrogen) atoms. The Morgan fingerprint density at radius 1 is 1.25 bits per heavy atom. The molecule has 1 fully saturated rings. The molecule has 4 nitrogen and oxygen atoms in total. The van der Waals surface area contributed by atoms with Gasteiger partial charge in [0.2, 0.25) is 0 Å². The van der Waals surface area contributed by atoms with E-state index >= 15 is 0 Å². The maximum Gasteiger partial charge on any atom is 0.307 e. The molecule has 0 aliphatic heterocycles. The van der Waals surface area contributed by atoms with Crippen LogP contribution in [0.2, 0.25) is 0 Å². The first-order valence-corrected chi connectivity index (χ1v) is 7.26. The van der Waals surface area contributed by atoms with Crippen molar-refractivity contribution in [2.75, 3.05) is 0 Å². The molecule has 0 saturated heterocycles. The summed E-state index contributed by atoms with van der Waals surface area (Å²) in [5, 5.41) is 9.39. The molecule has 2 unspecified atom stereocenters. The van der Waals surface area contributed by atoms with Crippen LogP contribution in [0.1, 0.15) is 48.6 Å². The first-order valence-electron chi connectivity index (χ1n) is 7.26. The molecule has 1 aromatic heterocycles. The number of carboxylic acids is 1. The lowest BCUT2D eigenvalue weighted by Gasteiger charge is -2.26. The highest BCUT2D eigenvalue weighted by molar-refractivity contribution is 5.78. The van der Waals surface area contributed by atoms with Crippen LogP contribution >= 0.6 is 0 Å². The Kier molecular flexibility index (Phi) is 3.24. The van der Waals surface area contributed by atoms with Gasteiger partial charge >= 0.3 is 5.97 Å². The zero-order valence-electron chi connectivity index (χ0n) is 11.9. The summed E-state index contributed by atoms with van der Waals surface area (Å²) in [4.78, 5) is 19.4. The van der Waals surface area contributed by atoms with Gasteiger partial charge in [-0.2, -0.15) is 0 Å². The van der Waals surface area contributed by atoms with Gasteiger partial charge in [-0.1, -0.05) is 12.8 Å². The molecular formula is C16H20N2O2. The maximum absolute atomic E-state index is 11.4. The Hall–Kier alpha value is -1.84. The van der Waals surface area contributed by atoms with Crippen molar-refractivity contribution in [2.45, 2.75) is 45.4 Å². The van der Waals surface area contributed by atoms with E-state index in [4.69, 9.17) is 0 Å². The normalized spacial score (nSPS) is 23.1. The smallest absolute Gasteiger partial charge is 0.307 e. The fourth-order valence-electron chi connectivity index (χ4n) is 3.22. The number of carbonyl (C=O) groups is 1. The van der Waals surface area contributed by atoms with Gasteiger partial charge in [0.15, 0.2) is 0 Å². The van der Waals surface area contributed by atoms with Crippen molar-refractivity contribution in [1.82, 2.24) is 9.97 Å². The van der Waals surface area contributed by atoms with Crippen molar-refractivity contribution >= 4 is 17.0 Å². The number of carboxylic acid groups (broad SMARTS) is 1. The second-order valence-electron chi connectivity index (χ2n) is 5.91. The van der Waals surface area contributed by atoms with Crippen LogP contribution in [-0.4, -0.2) is 21.0 Å². The van der Waals surface area contributed by atoms with Crippen molar-refractivity contribution in [3.63, 3.8) is 0 Å². The minimum absolute atomic E-state index is 0.0225. The molecule has 1 aliphatic rings. The zero-order chi connectivity index (χ0) is 14.3. The third kappa shape index (κ3) is 2.19. The predicted molar refractivity (Wildman–Crippen MR) is 77.9 cm³/mol. The van der Waals surface area contributed by atoms with Crippen LogP contribution < -0.4 is 0 Å². The Morgan fingerprint density at radius 2 is 1.95 bits per heavy atom. The third-order valence-electron chi connectivity index (χ3n) is 4.55. The van der Waals surface area contributed by atoms with E-state index in [9.17, 15) is 9.90 Å². The fourth-order valence-corrected chi connectivity index (χ4v) is 3.22. The number of benzene rings is 1. The highest BCUT2D eigenvalue weighted by atomic mass is 16.4. The Bertz CT molecular complexity index is 621. The fraction of sp³-hybridized carbons (Fsp3) is 0.500. The molecule has 106 valence electrons. The topological polar surface area (TPSA) is 66.0 Å². The van der Waals surface area contributed by atoms with Crippen LogP contribution in [0.5, 0.6) is 0 Å². The first kappa shape index (κ1) is 13.2. The van der Waals surface area contributed by atoms with Crippen LogP contribution in [-0.2, 0) is 4.79 Å². The molecule has 1 saturated carbocycles. The monoisotopic (exact) mass is 272 g/mol. The summed E-state index contributed by atoms with van der Waals surface area (Å²) in [5.41, 5.74) is 4.40. The minimum Gasteiger partial charge on any atom is -0.481 e. The number of imidazole rings is 1. The Labute approximate surface area is 118 Å². The minimum atomic E-state index is -0.692. The number of rotatable bonds is 2. The van der Waals surface area contributed by atoms with Gasteiger partial charge in [-0.15, -0.1) is 0 Å². The van der Waals surface area contributed by atoms with Gasteiger partial charge in [-0.25, -0.2) is 4.98 Å². The van der Waals surface area contributed by atoms with E-state index in [2.05, 4.69) is 35.9 Å². The van der Waals surface area contributed by atoms with E-state index in [1.165, 1.54) is 11.1 Å². The van der Waals surface area contributed by atoms with Gasteiger partial charge in [0.1, 0.15) is 5.82 Å². The lowest BCUT2D eigenvalue weighted by molar-refractivity contribution is -0.143. The summed E-state index contributed by atoms with van der Waals surface area (Å²) in [6.45, 7) is 4.15. The van der Waals surface area contributed by atoms with Crippen molar-refractivity contribution in [3.05, 3.63) is 29.1 Å². The average Bonchev–Trinajstić information content (AvgIpc) is 2.82. The molecule has 4 heteroatoms. The molecule has 2 N–H and O–H groups in total. The SMILES string of the molecule is Cc1cc2nc(C3CCCCC3C(=O)O)[nH]c2cc1C. The van der Waals surface area contributed by atoms with Crippen molar-refractivity contribution in [3.8, 4) is 0 Å². The van der Waals surface area contributed by atoms with Gasteiger partial charge in [0, 0.05) is 5.92 Å². The molecule has 1 heterocycles. The van der Waals surface area contributed by atoms with Crippen LogP contribution in [0.25, 0.3) is 11.0 Å². The van der Waals surface area contributed by atoms with Gasteiger partial charge in [0.25, 0.3) is 0 Å². The highest BCUT2D eigenvalue weighted by Crippen LogP contribution is 2.37. The summed E-state index contributed by atoms with van der Waals surface area (Å²) in [6.07, 6.45) is 3.76. The third-order valence-corrected chi connectivity index (χ3v) is 4.55. The lowest BCUT2D eigenvalue weighted by Crippen LogP contribution is -2.26. The van der Waals surface area contributed by atoms with Gasteiger partial charge in [-0.3, -0.25) is 4.79 Å². The zero-order valence-corrected chi connectivity index (χ0v) is 11.9. The van der Waals surface area contributed by atoms with Crippen molar-refractivity contribution in [2.24, 2.45) is 5.92 Å². The molecule has 3 rings (SSSR count). The average molecular weight is 272 g/mol. The van der Waals surface area contributed by atoms with Gasteiger partial charge < -0.3 is 10.1 Å². The molecular weight excluding hydrogens is 252 g/mol. The lowest BCUT2D eigenvalue weighted by atomic mass is 9.79. The number of aryl methyl sites for hydroxylation is 2. The van der Waals surface area contributed by atoms with E-state index in [0.717, 1.165) is 42.5 Å². The largest absolute Gasteiger partial charge is 0.481 e. The van der Waals surface area contributed by atoms with Gasteiger partial charge in [0.05, 0.1) is 17.0 Å². The second-order valence-corrected chi connectivity index (χ2v) is 5.91. The number of hydrogen-bond donors (Lipinski definition) is 2. The number of nitrogens with one attached hydrogen (secondary N) is 1. The van der Waals surface area contributed by atoms with Crippen molar-refractivity contribution in [1.29, 1.82) is 0 Å². The molecule has 2 atom stereocenters. The quantitative estimate of drug-likeness (QED) is 0.878. The number of fused-ring (bicyclic) bond motifs is 1. The second kappa shape index (κ2) is 4.93. The number of aromatic nitrogens is 2. The summed E-state index contributed by atoms with van der Waals surface area (Å²) < 4.78 is 0. The van der Waals surface area contributed by atoms with Crippen LogP contribution in [0.4, 0.5) is 0 Å². The van der Waals surface area contributed by atoms with Crippen LogP contribution in [0, 0.1) is 19.8 Å². The molecule has 1 aromatic carbocycles. The van der Waals surface area contributed by atoms with Crippen LogP contribution in [0.3, 0.4) is 0 Å². The molecule has 1 aliphatic carbocycles. The summed E-state index contributed by atoms with van der Waals surface area (Å²) in [7, 11) is 0. The summed E-state index contributed by atoms with van der Waals surface area (Å²) in [5.74, 6) is -0.125. The highest BCUT2D eigenvalue weighted by Gasteiger charge is 2.33. The van der Waals surface area contributed by atoms with Crippen molar-refractivity contribution < 1.29 is 9.90 Å². The molecule has 0 bridgehead atoms. The van der Waals surface area contributed by atoms with Gasteiger partial charge in [-0.05, 0) is 49.9 Å². The number of hydrogen-bond acceptors (Lipinski definition) is 2. The molecule has 0 radical (unpaired) electrons. The van der Waals surface area contributed by atoms with E-state index in [0.29, 0.717) is 0 Å². The van der Waals surface area contributed by atoms with E-state index in [1.54, 1.807) is 0 Å². The number of aromatic amines is 1. The Balaban J connectivity index is 2.02. The number of H-pyrrole nitrogens is 1. The van der Waals surface area contributed by atoms with E-state index in [-0.39, 0.29) is 11.8 Å². The Morgan fingerprint density at radius 3 is 2.70 bits per heavy atom. The van der Waals surface area contributed by atoms with Crippen LogP contribution in [0.15, 0.2) is 12.1 Å². The van der Waals surface area contributed by atoms with E-state index in [1.807, 2.05) is 0 Å². The molecule has 0 spiro atoms. The number of nitrogens with zero attached hydrogens (tertiary/aromatic N) is 1. The predicted octanol–water partition coefficient (Wildman–Crippen LogP) is 3.54. The first-order chi connectivity index (χ1) is 9.56. The van der Waals surface area contributed by atoms with E-state index < -0.39 is 5.97 Å². The summed E-state index contributed by atoms with van der Waals surface area (Å²) in [6, 6.07) is 4.17. The number of aliphatic carboxylic acids is 1. The molecule has 0 amide bonds. The summed E-state index contributed by atoms with van der Waals surface area (Å²) >= 11 is 0. The molecule has 2 aromatic rings. The standard InChI is InChI=1S/C16H20N2O2/c1-9-7-13-14(8-10(9)2)18-15(17-13)11-5-3-4-6-12(11)16(19)20/h7-8,11-12H,3-6H2,1-2H3,(H,17,18)(H,19,20). The maximum atomic E-state index is 11.4.